The molecule has 0 unspecified atom stereocenters. The number of hydrogen-bond donors (Lipinski definition) is 1. The number of fused-ring (bicyclic) bond motifs is 2. The maximum Gasteiger partial charge on any atom is 0.264 e. The molecule has 0 aliphatic heterocycles. The molecule has 4 aliphatic carbocycles. The maximum atomic E-state index is 14.6. The van der Waals surface area contributed by atoms with Crippen molar-refractivity contribution in [2.45, 2.75) is 64.1 Å². The quantitative estimate of drug-likeness (QED) is 0.376. The van der Waals surface area contributed by atoms with Crippen LogP contribution in [-0.2, 0) is 5.67 Å². The number of nitrogens with one attached hydrogen (secondary N) is 1. The highest BCUT2D eigenvalue weighted by Gasteiger charge is 2.51. The minimum absolute atomic E-state index is 0.0943. The summed E-state index contributed by atoms with van der Waals surface area (Å²) in [5.74, 6) is 1.22. The van der Waals surface area contributed by atoms with Gasteiger partial charge in [0.25, 0.3) is 5.89 Å². The van der Waals surface area contributed by atoms with E-state index in [1.807, 2.05) is 44.2 Å². The van der Waals surface area contributed by atoms with Crippen molar-refractivity contribution in [3.8, 4) is 16.9 Å². The lowest BCUT2D eigenvalue weighted by molar-refractivity contribution is 0.193. The third-order valence-electron chi connectivity index (χ3n) is 7.45. The maximum absolute atomic E-state index is 14.6. The van der Waals surface area contributed by atoms with Crippen molar-refractivity contribution in [1.82, 2.24) is 10.1 Å². The molecule has 5 nitrogen and oxygen atoms in total. The first kappa shape index (κ1) is 22.3. The van der Waals surface area contributed by atoms with Gasteiger partial charge in [-0.05, 0) is 99.3 Å². The molecule has 0 atom stereocenters. The molecule has 2 bridgehead atoms. The Morgan fingerprint density at radius 2 is 1.86 bits per heavy atom. The molecule has 2 saturated carbocycles. The van der Waals surface area contributed by atoms with E-state index in [0.717, 1.165) is 54.8 Å². The SMILES string of the molecule is CC(C)Oc1ccc(-c2cc(NCC34CCC(c5noc(C6(F)CC6)n5)=C(C3)C4)ccc2F)cc1. The third kappa shape index (κ3) is 4.21. The Morgan fingerprint density at radius 3 is 2.51 bits per heavy atom. The number of allylic oxidation sites excluding steroid dienone is 2. The van der Waals surface area contributed by atoms with E-state index < -0.39 is 5.67 Å². The Bertz CT molecular complexity index is 1280. The summed E-state index contributed by atoms with van der Waals surface area (Å²) in [6.45, 7) is 4.78. The van der Waals surface area contributed by atoms with Gasteiger partial charge in [-0.2, -0.15) is 4.98 Å². The number of halogens is 2. The van der Waals surface area contributed by atoms with Crippen molar-refractivity contribution in [3.63, 3.8) is 0 Å². The lowest BCUT2D eigenvalue weighted by Crippen LogP contribution is -2.41. The summed E-state index contributed by atoms with van der Waals surface area (Å²) < 4.78 is 39.7. The molecule has 35 heavy (non-hydrogen) atoms. The molecule has 2 aromatic carbocycles. The Hall–Kier alpha value is -3.22. The zero-order chi connectivity index (χ0) is 24.2. The van der Waals surface area contributed by atoms with E-state index in [1.165, 1.54) is 11.6 Å². The van der Waals surface area contributed by atoms with Crippen molar-refractivity contribution < 1.29 is 18.0 Å². The number of benzene rings is 2. The molecular formula is C28H29F2N3O2. The van der Waals surface area contributed by atoms with Crippen LogP contribution in [0.15, 0.2) is 52.6 Å². The van der Waals surface area contributed by atoms with Crippen LogP contribution in [0.3, 0.4) is 0 Å². The Kier molecular flexibility index (Phi) is 5.20. The molecular weight excluding hydrogens is 448 g/mol. The van der Waals surface area contributed by atoms with Crippen LogP contribution in [0.25, 0.3) is 16.7 Å². The van der Waals surface area contributed by atoms with Gasteiger partial charge in [-0.25, -0.2) is 8.78 Å². The number of rotatable bonds is 8. The molecule has 3 aromatic rings. The molecule has 4 aliphatic rings. The van der Waals surface area contributed by atoms with Crippen molar-refractivity contribution in [1.29, 1.82) is 0 Å². The fourth-order valence-electron chi connectivity index (χ4n) is 5.28. The van der Waals surface area contributed by atoms with E-state index in [9.17, 15) is 8.78 Å². The average Bonchev–Trinajstić information content (AvgIpc) is 3.37. The summed E-state index contributed by atoms with van der Waals surface area (Å²) in [4.78, 5) is 4.36. The van der Waals surface area contributed by atoms with Crippen LogP contribution in [-0.4, -0.2) is 22.8 Å². The first-order valence-electron chi connectivity index (χ1n) is 12.4. The van der Waals surface area contributed by atoms with Gasteiger partial charge in [0.05, 0.1) is 6.10 Å². The highest BCUT2D eigenvalue weighted by Crippen LogP contribution is 2.57. The highest BCUT2D eigenvalue weighted by molar-refractivity contribution is 5.70. The molecule has 7 rings (SSSR count). The second-order valence-electron chi connectivity index (χ2n) is 10.6. The number of hydrogen-bond acceptors (Lipinski definition) is 5. The first-order chi connectivity index (χ1) is 16.8. The topological polar surface area (TPSA) is 60.2 Å². The average molecular weight is 478 g/mol. The van der Waals surface area contributed by atoms with Gasteiger partial charge in [-0.15, -0.1) is 0 Å². The largest absolute Gasteiger partial charge is 0.491 e. The van der Waals surface area contributed by atoms with Gasteiger partial charge in [-0.3, -0.25) is 0 Å². The van der Waals surface area contributed by atoms with E-state index in [4.69, 9.17) is 9.26 Å². The molecule has 0 amide bonds. The minimum Gasteiger partial charge on any atom is -0.491 e. The Labute approximate surface area is 203 Å². The van der Waals surface area contributed by atoms with Crippen LogP contribution in [0.1, 0.15) is 64.1 Å². The zero-order valence-corrected chi connectivity index (χ0v) is 20.0. The zero-order valence-electron chi connectivity index (χ0n) is 20.0. The molecule has 182 valence electrons. The summed E-state index contributed by atoms with van der Waals surface area (Å²) in [7, 11) is 0. The predicted molar refractivity (Wildman–Crippen MR) is 130 cm³/mol. The Balaban J connectivity index is 1.12. The number of alkyl halides is 1. The normalized spacial score (nSPS) is 19.5. The van der Waals surface area contributed by atoms with E-state index >= 15 is 0 Å². The van der Waals surface area contributed by atoms with E-state index in [1.54, 1.807) is 6.07 Å². The van der Waals surface area contributed by atoms with Crippen molar-refractivity contribution in [3.05, 3.63) is 65.6 Å². The minimum atomic E-state index is -1.39. The van der Waals surface area contributed by atoms with Gasteiger partial charge in [0.2, 0.25) is 0 Å². The fourth-order valence-corrected chi connectivity index (χ4v) is 5.28. The predicted octanol–water partition coefficient (Wildman–Crippen LogP) is 7.06. The van der Waals surface area contributed by atoms with Crippen LogP contribution >= 0.6 is 0 Å². The van der Waals surface area contributed by atoms with Gasteiger partial charge in [-0.1, -0.05) is 22.9 Å². The van der Waals surface area contributed by atoms with Gasteiger partial charge in [0, 0.05) is 17.8 Å². The van der Waals surface area contributed by atoms with Crippen molar-refractivity contribution >= 4 is 11.3 Å². The first-order valence-corrected chi connectivity index (χ1v) is 12.4. The molecule has 0 radical (unpaired) electrons. The van der Waals surface area contributed by atoms with Gasteiger partial charge < -0.3 is 14.6 Å². The number of nitrogens with zero attached hydrogens (tertiary/aromatic N) is 2. The Morgan fingerprint density at radius 1 is 1.09 bits per heavy atom. The fraction of sp³-hybridized carbons (Fsp3) is 0.429. The van der Waals surface area contributed by atoms with Crippen LogP contribution < -0.4 is 10.1 Å². The standard InChI is InChI=1S/C28H29F2N3O2/c1-17(2)34-21-6-3-18(4-7-21)23-13-20(5-8-24(23)29)31-16-27-10-9-22(19(14-27)15-27)25-32-26(35-33-25)28(30)11-12-28/h3-8,13,17,31H,9-12,14-16H2,1-2H3. The highest BCUT2D eigenvalue weighted by atomic mass is 19.1. The van der Waals surface area contributed by atoms with Crippen LogP contribution in [0.5, 0.6) is 5.75 Å². The monoisotopic (exact) mass is 477 g/mol. The van der Waals surface area contributed by atoms with E-state index in [-0.39, 0.29) is 23.2 Å². The number of ether oxygens (including phenoxy) is 1. The van der Waals surface area contributed by atoms with Crippen LogP contribution in [0, 0.1) is 11.2 Å². The number of anilines is 1. The summed E-state index contributed by atoms with van der Waals surface area (Å²) in [5, 5.41) is 7.60. The molecule has 7 heteroatoms. The van der Waals surface area contributed by atoms with Gasteiger partial charge in [0.15, 0.2) is 11.5 Å². The molecule has 2 fully saturated rings. The summed E-state index contributed by atoms with van der Waals surface area (Å²) in [5.41, 5.74) is 3.55. The summed E-state index contributed by atoms with van der Waals surface area (Å²) in [6, 6.07) is 12.7. The van der Waals surface area contributed by atoms with Crippen molar-refractivity contribution in [2.24, 2.45) is 5.41 Å². The van der Waals surface area contributed by atoms with Crippen LogP contribution in [0.2, 0.25) is 0 Å². The molecule has 0 spiro atoms. The van der Waals surface area contributed by atoms with E-state index in [0.29, 0.717) is 24.2 Å². The summed E-state index contributed by atoms with van der Waals surface area (Å²) in [6.07, 6.45) is 4.87. The van der Waals surface area contributed by atoms with Gasteiger partial charge >= 0.3 is 0 Å². The summed E-state index contributed by atoms with van der Waals surface area (Å²) >= 11 is 0. The van der Waals surface area contributed by atoms with Crippen LogP contribution in [0.4, 0.5) is 14.5 Å². The third-order valence-corrected chi connectivity index (χ3v) is 7.45. The van der Waals surface area contributed by atoms with Gasteiger partial charge in [0.1, 0.15) is 11.6 Å². The lowest BCUT2D eigenvalue weighted by atomic mass is 9.57. The molecule has 1 N–H and O–H groups in total. The molecule has 0 saturated heterocycles. The lowest BCUT2D eigenvalue weighted by Gasteiger charge is -2.49. The second kappa shape index (κ2) is 8.18. The number of aromatic nitrogens is 2. The van der Waals surface area contributed by atoms with E-state index in [2.05, 4.69) is 15.5 Å². The molecule has 1 heterocycles. The van der Waals surface area contributed by atoms with Crippen molar-refractivity contribution in [2.75, 3.05) is 11.9 Å². The molecule has 1 aromatic heterocycles. The smallest absolute Gasteiger partial charge is 0.264 e. The second-order valence-corrected chi connectivity index (χ2v) is 10.6.